The number of ether oxygens (including phenoxy) is 1. The topological polar surface area (TPSA) is 48.1 Å². The molecule has 1 heterocycles. The molecule has 1 aromatic heterocycles. The zero-order valence-electron chi connectivity index (χ0n) is 10.1. The number of aromatic nitrogens is 1. The first-order valence-electron chi connectivity index (χ1n) is 5.49. The van der Waals surface area contributed by atoms with Crippen LogP contribution < -0.4 is 10.5 Å². The smallest absolute Gasteiger partial charge is 0.145 e. The first-order chi connectivity index (χ1) is 9.01. The van der Waals surface area contributed by atoms with Crippen molar-refractivity contribution in [2.24, 2.45) is 5.73 Å². The Labute approximate surface area is 123 Å². The standard InChI is InChI=1S/C13H11BrClFN2O/c1-7-2-12(8(5-17)6-18-7)19-13-4-11(16)10(15)3-9(13)14/h2-4,6H,5,17H2,1H3. The molecule has 2 aromatic rings. The van der Waals surface area contributed by atoms with Crippen LogP contribution >= 0.6 is 27.5 Å². The van der Waals surface area contributed by atoms with Crippen LogP contribution in [-0.4, -0.2) is 4.98 Å². The van der Waals surface area contributed by atoms with Gasteiger partial charge >= 0.3 is 0 Å². The maximum atomic E-state index is 13.5. The molecular formula is C13H11BrClFN2O. The zero-order chi connectivity index (χ0) is 14.0. The third kappa shape index (κ3) is 3.23. The third-order valence-corrected chi connectivity index (χ3v) is 3.40. The Morgan fingerprint density at radius 3 is 2.79 bits per heavy atom. The molecule has 0 bridgehead atoms. The van der Waals surface area contributed by atoms with Gasteiger partial charge in [-0.1, -0.05) is 11.6 Å². The number of nitrogens with two attached hydrogens (primary N) is 1. The molecule has 0 spiro atoms. The molecule has 0 aliphatic carbocycles. The molecule has 0 radical (unpaired) electrons. The highest BCUT2D eigenvalue weighted by Gasteiger charge is 2.11. The van der Waals surface area contributed by atoms with Crippen molar-refractivity contribution < 1.29 is 9.13 Å². The highest BCUT2D eigenvalue weighted by Crippen LogP contribution is 2.34. The van der Waals surface area contributed by atoms with Gasteiger partial charge in [0.1, 0.15) is 17.3 Å². The van der Waals surface area contributed by atoms with Gasteiger partial charge in [-0.2, -0.15) is 0 Å². The molecule has 100 valence electrons. The summed E-state index contributed by atoms with van der Waals surface area (Å²) in [4.78, 5) is 4.14. The normalized spacial score (nSPS) is 10.6. The molecule has 2 N–H and O–H groups in total. The maximum Gasteiger partial charge on any atom is 0.145 e. The average molecular weight is 346 g/mol. The summed E-state index contributed by atoms with van der Waals surface area (Å²) >= 11 is 8.96. The summed E-state index contributed by atoms with van der Waals surface area (Å²) in [5, 5.41) is 0.0317. The SMILES string of the molecule is Cc1cc(Oc2cc(F)c(Cl)cc2Br)c(CN)cn1. The number of hydrogen-bond donors (Lipinski definition) is 1. The Morgan fingerprint density at radius 2 is 2.11 bits per heavy atom. The molecule has 0 atom stereocenters. The van der Waals surface area contributed by atoms with Crippen LogP contribution in [0.25, 0.3) is 0 Å². The Bertz CT molecular complexity index is 622. The quantitative estimate of drug-likeness (QED) is 0.848. The van der Waals surface area contributed by atoms with Crippen LogP contribution in [0, 0.1) is 12.7 Å². The molecule has 0 aliphatic rings. The molecule has 1 aromatic carbocycles. The van der Waals surface area contributed by atoms with Crippen molar-refractivity contribution in [3.8, 4) is 11.5 Å². The molecule has 0 saturated heterocycles. The van der Waals surface area contributed by atoms with E-state index in [1.807, 2.05) is 6.92 Å². The van der Waals surface area contributed by atoms with Gasteiger partial charge in [-0.3, -0.25) is 4.98 Å². The van der Waals surface area contributed by atoms with Crippen molar-refractivity contribution in [3.63, 3.8) is 0 Å². The lowest BCUT2D eigenvalue weighted by Crippen LogP contribution is -2.01. The van der Waals surface area contributed by atoms with Gasteiger partial charge in [0, 0.05) is 36.1 Å². The number of pyridine rings is 1. The lowest BCUT2D eigenvalue weighted by Gasteiger charge is -2.12. The Hall–Kier alpha value is -1.17. The van der Waals surface area contributed by atoms with E-state index in [1.165, 1.54) is 12.1 Å². The van der Waals surface area contributed by atoms with Gasteiger partial charge in [0.25, 0.3) is 0 Å². The first-order valence-corrected chi connectivity index (χ1v) is 6.66. The van der Waals surface area contributed by atoms with E-state index < -0.39 is 5.82 Å². The predicted molar refractivity (Wildman–Crippen MR) is 76.0 cm³/mol. The van der Waals surface area contributed by atoms with E-state index in [0.717, 1.165) is 11.3 Å². The monoisotopic (exact) mass is 344 g/mol. The highest BCUT2D eigenvalue weighted by molar-refractivity contribution is 9.10. The fourth-order valence-corrected chi connectivity index (χ4v) is 2.23. The predicted octanol–water partition coefficient (Wildman–Crippen LogP) is 4.20. The van der Waals surface area contributed by atoms with Crippen LogP contribution in [0.3, 0.4) is 0 Å². The Kier molecular flexibility index (Phi) is 4.39. The lowest BCUT2D eigenvalue weighted by atomic mass is 10.2. The van der Waals surface area contributed by atoms with Gasteiger partial charge in [-0.05, 0) is 28.9 Å². The third-order valence-electron chi connectivity index (χ3n) is 2.50. The van der Waals surface area contributed by atoms with Crippen molar-refractivity contribution >= 4 is 27.5 Å². The summed E-state index contributed by atoms with van der Waals surface area (Å²) in [7, 11) is 0. The van der Waals surface area contributed by atoms with Crippen LogP contribution in [0.15, 0.2) is 28.9 Å². The molecule has 2 rings (SSSR count). The van der Waals surface area contributed by atoms with Gasteiger partial charge in [0.15, 0.2) is 0 Å². The van der Waals surface area contributed by atoms with Crippen molar-refractivity contribution in [1.29, 1.82) is 0 Å². The van der Waals surface area contributed by atoms with Crippen LogP contribution in [0.2, 0.25) is 5.02 Å². The molecular weight excluding hydrogens is 335 g/mol. The highest BCUT2D eigenvalue weighted by atomic mass is 79.9. The van der Waals surface area contributed by atoms with Gasteiger partial charge in [0.05, 0.1) is 9.50 Å². The van der Waals surface area contributed by atoms with E-state index in [-0.39, 0.29) is 11.6 Å². The van der Waals surface area contributed by atoms with Crippen molar-refractivity contribution in [2.75, 3.05) is 0 Å². The zero-order valence-corrected chi connectivity index (χ0v) is 12.4. The van der Waals surface area contributed by atoms with E-state index in [1.54, 1.807) is 12.3 Å². The second kappa shape index (κ2) is 5.86. The number of rotatable bonds is 3. The second-order valence-electron chi connectivity index (χ2n) is 3.94. The molecule has 0 unspecified atom stereocenters. The van der Waals surface area contributed by atoms with E-state index in [4.69, 9.17) is 22.1 Å². The molecule has 3 nitrogen and oxygen atoms in total. The number of aryl methyl sites for hydroxylation is 1. The van der Waals surface area contributed by atoms with E-state index in [9.17, 15) is 4.39 Å². The van der Waals surface area contributed by atoms with Crippen LogP contribution in [0.5, 0.6) is 11.5 Å². The largest absolute Gasteiger partial charge is 0.456 e. The number of halogens is 3. The van der Waals surface area contributed by atoms with Crippen molar-refractivity contribution in [1.82, 2.24) is 4.98 Å². The van der Waals surface area contributed by atoms with Gasteiger partial charge in [0.2, 0.25) is 0 Å². The molecule has 6 heteroatoms. The summed E-state index contributed by atoms with van der Waals surface area (Å²) in [5.74, 6) is 0.347. The Morgan fingerprint density at radius 1 is 1.37 bits per heavy atom. The fraction of sp³-hybridized carbons (Fsp3) is 0.154. The molecule has 0 aliphatic heterocycles. The van der Waals surface area contributed by atoms with Crippen molar-refractivity contribution in [3.05, 3.63) is 51.0 Å². The second-order valence-corrected chi connectivity index (χ2v) is 5.20. The molecule has 19 heavy (non-hydrogen) atoms. The van der Waals surface area contributed by atoms with Crippen LogP contribution in [-0.2, 0) is 6.54 Å². The van der Waals surface area contributed by atoms with E-state index >= 15 is 0 Å². The van der Waals surface area contributed by atoms with Crippen molar-refractivity contribution in [2.45, 2.75) is 13.5 Å². The van der Waals surface area contributed by atoms with Gasteiger partial charge < -0.3 is 10.5 Å². The fourth-order valence-electron chi connectivity index (χ4n) is 1.51. The van der Waals surface area contributed by atoms with E-state index in [0.29, 0.717) is 16.0 Å². The first kappa shape index (κ1) is 14.2. The molecule has 0 saturated carbocycles. The number of nitrogens with zero attached hydrogens (tertiary/aromatic N) is 1. The summed E-state index contributed by atoms with van der Waals surface area (Å²) in [5.41, 5.74) is 7.15. The van der Waals surface area contributed by atoms with Crippen LogP contribution in [0.4, 0.5) is 4.39 Å². The molecule has 0 amide bonds. The average Bonchev–Trinajstić information content (AvgIpc) is 2.36. The number of benzene rings is 1. The van der Waals surface area contributed by atoms with Crippen LogP contribution in [0.1, 0.15) is 11.3 Å². The van der Waals surface area contributed by atoms with Gasteiger partial charge in [-0.25, -0.2) is 4.39 Å². The summed E-state index contributed by atoms with van der Waals surface area (Å²) in [6, 6.07) is 4.42. The minimum atomic E-state index is -0.542. The van der Waals surface area contributed by atoms with E-state index in [2.05, 4.69) is 20.9 Å². The number of hydrogen-bond acceptors (Lipinski definition) is 3. The maximum absolute atomic E-state index is 13.5. The minimum absolute atomic E-state index is 0.0317. The Balaban J connectivity index is 2.41. The molecule has 0 fully saturated rings. The summed E-state index contributed by atoms with van der Waals surface area (Å²) in [6.07, 6.45) is 1.64. The lowest BCUT2D eigenvalue weighted by molar-refractivity contribution is 0.466. The summed E-state index contributed by atoms with van der Waals surface area (Å²) < 4.78 is 19.7. The van der Waals surface area contributed by atoms with Gasteiger partial charge in [-0.15, -0.1) is 0 Å². The minimum Gasteiger partial charge on any atom is -0.456 e. The summed E-state index contributed by atoms with van der Waals surface area (Å²) in [6.45, 7) is 2.13.